The van der Waals surface area contributed by atoms with Crippen LogP contribution >= 0.6 is 0 Å². The highest BCUT2D eigenvalue weighted by Gasteiger charge is 2.10. The first-order valence-electron chi connectivity index (χ1n) is 6.04. The van der Waals surface area contributed by atoms with Gasteiger partial charge in [0, 0.05) is 5.69 Å². The molecular weight excluding hydrogens is 244 g/mol. The molecule has 100 valence electrons. The van der Waals surface area contributed by atoms with Crippen LogP contribution in [0.15, 0.2) is 30.3 Å². The van der Waals surface area contributed by atoms with Crippen LogP contribution in [-0.4, -0.2) is 27.5 Å². The van der Waals surface area contributed by atoms with Gasteiger partial charge in [-0.2, -0.15) is 5.10 Å². The largest absolute Gasteiger partial charge is 0.491 e. The molecule has 0 spiro atoms. The standard InChI is InChI=1S/C14H16N2O3/c1-10-5-3-4-6-13(10)19-8-7-16-11(2)9-12(15-16)14(17)18/h3-6,9H,7-8H2,1-2H3,(H,17,18). The molecule has 2 aromatic rings. The number of ether oxygens (including phenoxy) is 1. The molecule has 0 aliphatic heterocycles. The fourth-order valence-electron chi connectivity index (χ4n) is 1.80. The molecule has 0 radical (unpaired) electrons. The molecular formula is C14H16N2O3. The molecule has 0 bridgehead atoms. The van der Waals surface area contributed by atoms with Crippen LogP contribution in [0.3, 0.4) is 0 Å². The van der Waals surface area contributed by atoms with E-state index in [0.29, 0.717) is 13.2 Å². The third-order valence-corrected chi connectivity index (χ3v) is 2.85. The molecule has 1 N–H and O–H groups in total. The third-order valence-electron chi connectivity index (χ3n) is 2.85. The van der Waals surface area contributed by atoms with E-state index in [9.17, 15) is 4.79 Å². The number of hydrogen-bond acceptors (Lipinski definition) is 3. The van der Waals surface area contributed by atoms with Crippen molar-refractivity contribution < 1.29 is 14.6 Å². The summed E-state index contributed by atoms with van der Waals surface area (Å²) < 4.78 is 7.30. The lowest BCUT2D eigenvalue weighted by Crippen LogP contribution is -2.12. The molecule has 1 aromatic heterocycles. The summed E-state index contributed by atoms with van der Waals surface area (Å²) in [7, 11) is 0. The molecule has 5 nitrogen and oxygen atoms in total. The Morgan fingerprint density at radius 1 is 1.37 bits per heavy atom. The van der Waals surface area contributed by atoms with Gasteiger partial charge in [-0.25, -0.2) is 4.79 Å². The van der Waals surface area contributed by atoms with Crippen LogP contribution in [0.25, 0.3) is 0 Å². The van der Waals surface area contributed by atoms with Crippen LogP contribution in [0, 0.1) is 13.8 Å². The van der Waals surface area contributed by atoms with Crippen molar-refractivity contribution in [3.63, 3.8) is 0 Å². The summed E-state index contributed by atoms with van der Waals surface area (Å²) in [6.07, 6.45) is 0. The molecule has 0 atom stereocenters. The van der Waals surface area contributed by atoms with E-state index in [0.717, 1.165) is 17.0 Å². The zero-order valence-corrected chi connectivity index (χ0v) is 11.0. The lowest BCUT2D eigenvalue weighted by atomic mass is 10.2. The third kappa shape index (κ3) is 3.13. The van der Waals surface area contributed by atoms with E-state index in [-0.39, 0.29) is 5.69 Å². The number of benzene rings is 1. The number of aromatic carboxylic acids is 1. The monoisotopic (exact) mass is 260 g/mol. The zero-order valence-electron chi connectivity index (χ0n) is 11.0. The molecule has 1 aromatic carbocycles. The minimum absolute atomic E-state index is 0.0633. The van der Waals surface area contributed by atoms with Crippen LogP contribution in [0.4, 0.5) is 0 Å². The number of carboxylic acid groups (broad SMARTS) is 1. The van der Waals surface area contributed by atoms with Crippen molar-refractivity contribution in [1.29, 1.82) is 0 Å². The topological polar surface area (TPSA) is 64.4 Å². The predicted octanol–water partition coefficient (Wildman–Crippen LogP) is 2.28. The molecule has 2 rings (SSSR count). The van der Waals surface area contributed by atoms with Gasteiger partial charge in [-0.1, -0.05) is 18.2 Å². The van der Waals surface area contributed by atoms with Gasteiger partial charge in [0.05, 0.1) is 6.54 Å². The minimum atomic E-state index is -1.01. The number of hydrogen-bond donors (Lipinski definition) is 1. The van der Waals surface area contributed by atoms with Crippen LogP contribution in [0.5, 0.6) is 5.75 Å². The van der Waals surface area contributed by atoms with E-state index >= 15 is 0 Å². The summed E-state index contributed by atoms with van der Waals surface area (Å²) in [5.74, 6) is -0.174. The lowest BCUT2D eigenvalue weighted by Gasteiger charge is -2.09. The minimum Gasteiger partial charge on any atom is -0.491 e. The highest BCUT2D eigenvalue weighted by atomic mass is 16.5. The van der Waals surface area contributed by atoms with E-state index in [1.54, 1.807) is 10.7 Å². The van der Waals surface area contributed by atoms with Crippen molar-refractivity contribution in [3.8, 4) is 5.75 Å². The number of nitrogens with zero attached hydrogens (tertiary/aromatic N) is 2. The van der Waals surface area contributed by atoms with Crippen molar-refractivity contribution in [1.82, 2.24) is 9.78 Å². The maximum atomic E-state index is 10.8. The second kappa shape index (κ2) is 5.56. The average Bonchev–Trinajstić information content (AvgIpc) is 2.74. The maximum Gasteiger partial charge on any atom is 0.356 e. The summed E-state index contributed by atoms with van der Waals surface area (Å²) in [5, 5.41) is 12.9. The first kappa shape index (κ1) is 13.1. The predicted molar refractivity (Wildman–Crippen MR) is 70.6 cm³/mol. The maximum absolute atomic E-state index is 10.8. The second-order valence-corrected chi connectivity index (χ2v) is 4.31. The number of rotatable bonds is 5. The normalized spacial score (nSPS) is 10.4. The van der Waals surface area contributed by atoms with Crippen LogP contribution in [-0.2, 0) is 6.54 Å². The molecule has 0 saturated heterocycles. The second-order valence-electron chi connectivity index (χ2n) is 4.31. The molecule has 0 unspecified atom stereocenters. The molecule has 0 aliphatic rings. The van der Waals surface area contributed by atoms with Gasteiger partial charge in [0.25, 0.3) is 0 Å². The van der Waals surface area contributed by atoms with Gasteiger partial charge in [0.2, 0.25) is 0 Å². The Morgan fingerprint density at radius 2 is 2.11 bits per heavy atom. The SMILES string of the molecule is Cc1ccccc1OCCn1nc(C(=O)O)cc1C. The molecule has 0 amide bonds. The van der Waals surface area contributed by atoms with Gasteiger partial charge in [-0.15, -0.1) is 0 Å². The Kier molecular flexibility index (Phi) is 3.85. The van der Waals surface area contributed by atoms with Crippen molar-refractivity contribution >= 4 is 5.97 Å². The number of carboxylic acids is 1. The molecule has 0 aliphatic carbocycles. The van der Waals surface area contributed by atoms with Crippen LogP contribution in [0.2, 0.25) is 0 Å². The van der Waals surface area contributed by atoms with Crippen LogP contribution in [0.1, 0.15) is 21.7 Å². The summed E-state index contributed by atoms with van der Waals surface area (Å²) >= 11 is 0. The van der Waals surface area contributed by atoms with E-state index in [2.05, 4.69) is 5.10 Å². The fraction of sp³-hybridized carbons (Fsp3) is 0.286. The quantitative estimate of drug-likeness (QED) is 0.895. The molecule has 5 heteroatoms. The van der Waals surface area contributed by atoms with Gasteiger partial charge in [0.15, 0.2) is 5.69 Å². The van der Waals surface area contributed by atoms with Gasteiger partial charge in [-0.3, -0.25) is 4.68 Å². The van der Waals surface area contributed by atoms with Crippen molar-refractivity contribution in [2.45, 2.75) is 20.4 Å². The van der Waals surface area contributed by atoms with Gasteiger partial charge < -0.3 is 9.84 Å². The van der Waals surface area contributed by atoms with E-state index < -0.39 is 5.97 Å². The first-order valence-corrected chi connectivity index (χ1v) is 6.04. The Morgan fingerprint density at radius 3 is 2.74 bits per heavy atom. The number of aromatic nitrogens is 2. The summed E-state index contributed by atoms with van der Waals surface area (Å²) in [5.41, 5.74) is 1.95. The van der Waals surface area contributed by atoms with Crippen molar-refractivity contribution in [2.75, 3.05) is 6.61 Å². The van der Waals surface area contributed by atoms with E-state index in [1.807, 2.05) is 38.1 Å². The Balaban J connectivity index is 1.96. The molecule has 19 heavy (non-hydrogen) atoms. The first-order chi connectivity index (χ1) is 9.08. The Hall–Kier alpha value is -2.30. The van der Waals surface area contributed by atoms with Gasteiger partial charge in [-0.05, 0) is 31.5 Å². The Labute approximate surface area is 111 Å². The highest BCUT2D eigenvalue weighted by Crippen LogP contribution is 2.16. The van der Waals surface area contributed by atoms with Crippen molar-refractivity contribution in [2.24, 2.45) is 0 Å². The average molecular weight is 260 g/mol. The van der Waals surface area contributed by atoms with Gasteiger partial charge >= 0.3 is 5.97 Å². The number of aryl methyl sites for hydroxylation is 2. The summed E-state index contributed by atoms with van der Waals surface area (Å²) in [4.78, 5) is 10.8. The Bertz CT molecular complexity index is 590. The summed E-state index contributed by atoms with van der Waals surface area (Å²) in [6, 6.07) is 9.32. The zero-order chi connectivity index (χ0) is 13.8. The molecule has 0 fully saturated rings. The fourth-order valence-corrected chi connectivity index (χ4v) is 1.80. The van der Waals surface area contributed by atoms with Crippen molar-refractivity contribution in [3.05, 3.63) is 47.3 Å². The molecule has 1 heterocycles. The molecule has 0 saturated carbocycles. The number of carbonyl (C=O) groups is 1. The summed E-state index contributed by atoms with van der Waals surface area (Å²) in [6.45, 7) is 4.78. The smallest absolute Gasteiger partial charge is 0.356 e. The van der Waals surface area contributed by atoms with Gasteiger partial charge in [0.1, 0.15) is 12.4 Å². The van der Waals surface area contributed by atoms with Crippen LogP contribution < -0.4 is 4.74 Å². The number of para-hydroxylation sites is 1. The lowest BCUT2D eigenvalue weighted by molar-refractivity contribution is 0.0689. The highest BCUT2D eigenvalue weighted by molar-refractivity contribution is 5.85. The van der Waals surface area contributed by atoms with E-state index in [1.165, 1.54) is 0 Å². The van der Waals surface area contributed by atoms with E-state index in [4.69, 9.17) is 9.84 Å².